The van der Waals surface area contributed by atoms with Gasteiger partial charge in [0, 0.05) is 10.2 Å². The molecule has 0 amide bonds. The topological polar surface area (TPSA) is 0 Å². The lowest BCUT2D eigenvalue weighted by Gasteiger charge is -2.23. The average molecular weight is 304 g/mol. The summed E-state index contributed by atoms with van der Waals surface area (Å²) in [4.78, 5) is 1.45. The summed E-state index contributed by atoms with van der Waals surface area (Å²) in [5, 5.41) is 0.707. The normalized spacial score (nSPS) is 20.7. The molecule has 1 heteroatoms. The van der Waals surface area contributed by atoms with Crippen LogP contribution >= 0.6 is 11.8 Å². The first-order chi connectivity index (χ1) is 10.9. The highest BCUT2D eigenvalue weighted by Gasteiger charge is 2.28. The first-order valence-electron chi connectivity index (χ1n) is 8.10. The molecule has 0 radical (unpaired) electrons. The fraction of sp³-hybridized carbons (Fsp3) is 0.238. The third kappa shape index (κ3) is 2.78. The van der Waals surface area contributed by atoms with Gasteiger partial charge in [-0.1, -0.05) is 66.2 Å². The van der Waals surface area contributed by atoms with Gasteiger partial charge in [0.1, 0.15) is 0 Å². The van der Waals surface area contributed by atoms with Gasteiger partial charge in [-0.2, -0.15) is 0 Å². The van der Waals surface area contributed by atoms with Gasteiger partial charge in [0.15, 0.2) is 0 Å². The zero-order valence-corrected chi connectivity index (χ0v) is 13.5. The number of thioether (sulfide) groups is 1. The number of hydrogen-bond acceptors (Lipinski definition) is 1. The van der Waals surface area contributed by atoms with Crippen molar-refractivity contribution in [1.29, 1.82) is 0 Å². The summed E-state index contributed by atoms with van der Waals surface area (Å²) >= 11 is 2.07. The summed E-state index contributed by atoms with van der Waals surface area (Å²) in [7, 11) is 0. The van der Waals surface area contributed by atoms with E-state index in [1.165, 1.54) is 35.3 Å². The highest BCUT2D eigenvalue weighted by molar-refractivity contribution is 8.09. The second-order valence-electron chi connectivity index (χ2n) is 6.09. The average Bonchev–Trinajstić information content (AvgIpc) is 3.05. The molecule has 0 N–H and O–H groups in total. The summed E-state index contributed by atoms with van der Waals surface area (Å²) in [6, 6.07) is 21.7. The van der Waals surface area contributed by atoms with Crippen LogP contribution in [-0.4, -0.2) is 5.25 Å². The molecule has 0 nitrogen and oxygen atoms in total. The van der Waals surface area contributed by atoms with Gasteiger partial charge >= 0.3 is 0 Å². The van der Waals surface area contributed by atoms with E-state index in [4.69, 9.17) is 0 Å². The van der Waals surface area contributed by atoms with Crippen LogP contribution in [0.15, 0.2) is 77.9 Å². The van der Waals surface area contributed by atoms with E-state index in [2.05, 4.69) is 78.5 Å². The Hall–Kier alpha value is -1.73. The van der Waals surface area contributed by atoms with E-state index in [0.717, 1.165) is 6.42 Å². The third-order valence-electron chi connectivity index (χ3n) is 4.58. The van der Waals surface area contributed by atoms with Crippen molar-refractivity contribution in [1.82, 2.24) is 0 Å². The zero-order valence-electron chi connectivity index (χ0n) is 12.7. The van der Waals surface area contributed by atoms with Crippen molar-refractivity contribution in [3.8, 4) is 0 Å². The molecule has 22 heavy (non-hydrogen) atoms. The van der Waals surface area contributed by atoms with Crippen molar-refractivity contribution in [3.05, 3.63) is 89.0 Å². The molecule has 2 aromatic carbocycles. The molecule has 1 fully saturated rings. The minimum atomic E-state index is 0.707. The van der Waals surface area contributed by atoms with Crippen LogP contribution in [-0.2, 0) is 6.42 Å². The zero-order chi connectivity index (χ0) is 14.8. The van der Waals surface area contributed by atoms with Crippen LogP contribution in [0.5, 0.6) is 0 Å². The standard InChI is InChI=1S/C21H20S/c1-3-8-16(9-4-1)14-18-15-21(17-10-5-2-6-11-17)22-20-13-7-12-19(18)20/h1-6,8-11,15,20H,7,12-14H2. The molecule has 1 atom stereocenters. The van der Waals surface area contributed by atoms with Gasteiger partial charge in [-0.25, -0.2) is 0 Å². The fourth-order valence-corrected chi connectivity index (χ4v) is 4.97. The maximum Gasteiger partial charge on any atom is 0.0309 e. The lowest BCUT2D eigenvalue weighted by atomic mass is 9.97. The van der Waals surface area contributed by atoms with E-state index in [9.17, 15) is 0 Å². The van der Waals surface area contributed by atoms with Crippen molar-refractivity contribution in [3.63, 3.8) is 0 Å². The van der Waals surface area contributed by atoms with Gasteiger partial charge in [0.05, 0.1) is 0 Å². The SMILES string of the molecule is C1=C(c2ccccc2)SC2CCCC2=C1Cc1ccccc1. The molecule has 2 aliphatic rings. The second-order valence-corrected chi connectivity index (χ2v) is 7.33. The summed E-state index contributed by atoms with van der Waals surface area (Å²) < 4.78 is 0. The van der Waals surface area contributed by atoms with Crippen molar-refractivity contribution in [2.75, 3.05) is 0 Å². The highest BCUT2D eigenvalue weighted by atomic mass is 32.2. The largest absolute Gasteiger partial charge is 0.118 e. The molecule has 0 saturated heterocycles. The van der Waals surface area contributed by atoms with Crippen LogP contribution < -0.4 is 0 Å². The van der Waals surface area contributed by atoms with Crippen LogP contribution in [0, 0.1) is 0 Å². The minimum absolute atomic E-state index is 0.707. The van der Waals surface area contributed by atoms with Crippen molar-refractivity contribution in [2.24, 2.45) is 0 Å². The van der Waals surface area contributed by atoms with Crippen molar-refractivity contribution < 1.29 is 0 Å². The number of rotatable bonds is 3. The Morgan fingerprint density at radius 2 is 1.64 bits per heavy atom. The molecule has 4 rings (SSSR count). The quantitative estimate of drug-likeness (QED) is 0.683. The number of hydrogen-bond donors (Lipinski definition) is 0. The molecule has 0 bridgehead atoms. The summed E-state index contributed by atoms with van der Waals surface area (Å²) in [5.41, 5.74) is 6.05. The van der Waals surface area contributed by atoms with Gasteiger partial charge < -0.3 is 0 Å². The first kappa shape index (κ1) is 13.9. The highest BCUT2D eigenvalue weighted by Crippen LogP contribution is 2.47. The lowest BCUT2D eigenvalue weighted by molar-refractivity contribution is 0.894. The number of fused-ring (bicyclic) bond motifs is 1. The van der Waals surface area contributed by atoms with Gasteiger partial charge in [0.2, 0.25) is 0 Å². The van der Waals surface area contributed by atoms with E-state index in [1.54, 1.807) is 11.1 Å². The second kappa shape index (κ2) is 6.18. The van der Waals surface area contributed by atoms with Gasteiger partial charge in [-0.05, 0) is 48.5 Å². The molecule has 1 heterocycles. The van der Waals surface area contributed by atoms with Crippen molar-refractivity contribution in [2.45, 2.75) is 30.9 Å². The monoisotopic (exact) mass is 304 g/mol. The van der Waals surface area contributed by atoms with Crippen LogP contribution in [0.1, 0.15) is 30.4 Å². The smallest absolute Gasteiger partial charge is 0.0309 e. The molecule has 2 aromatic rings. The van der Waals surface area contributed by atoms with Gasteiger partial charge in [-0.3, -0.25) is 0 Å². The Morgan fingerprint density at radius 3 is 2.41 bits per heavy atom. The molecule has 110 valence electrons. The Balaban J connectivity index is 1.70. The molecular formula is C21H20S. The fourth-order valence-electron chi connectivity index (χ4n) is 3.48. The number of allylic oxidation sites excluding steroid dienone is 2. The lowest BCUT2D eigenvalue weighted by Crippen LogP contribution is -2.08. The minimum Gasteiger partial charge on any atom is -0.118 e. The Morgan fingerprint density at radius 1 is 0.909 bits per heavy atom. The van der Waals surface area contributed by atoms with Crippen LogP contribution in [0.25, 0.3) is 4.91 Å². The third-order valence-corrected chi connectivity index (χ3v) is 6.00. The molecule has 1 aliphatic heterocycles. The van der Waals surface area contributed by atoms with E-state index >= 15 is 0 Å². The van der Waals surface area contributed by atoms with Crippen LogP contribution in [0.2, 0.25) is 0 Å². The maximum atomic E-state index is 2.45. The van der Waals surface area contributed by atoms with Crippen molar-refractivity contribution >= 4 is 16.7 Å². The Bertz CT molecular complexity index is 710. The summed E-state index contributed by atoms with van der Waals surface area (Å²) in [6.45, 7) is 0. The predicted octanol–water partition coefficient (Wildman–Crippen LogP) is 5.87. The summed E-state index contributed by atoms with van der Waals surface area (Å²) in [5.74, 6) is 0. The molecule has 1 saturated carbocycles. The van der Waals surface area contributed by atoms with Gasteiger partial charge in [0.25, 0.3) is 0 Å². The Labute approximate surface area is 137 Å². The van der Waals surface area contributed by atoms with Gasteiger partial charge in [-0.15, -0.1) is 11.8 Å². The van der Waals surface area contributed by atoms with E-state index in [-0.39, 0.29) is 0 Å². The van der Waals surface area contributed by atoms with Crippen LogP contribution in [0.4, 0.5) is 0 Å². The first-order valence-corrected chi connectivity index (χ1v) is 8.98. The van der Waals surface area contributed by atoms with Crippen LogP contribution in [0.3, 0.4) is 0 Å². The number of benzene rings is 2. The summed E-state index contributed by atoms with van der Waals surface area (Å²) in [6.07, 6.45) is 7.50. The predicted molar refractivity (Wildman–Crippen MR) is 96.8 cm³/mol. The van der Waals surface area contributed by atoms with E-state index in [1.807, 2.05) is 0 Å². The Kier molecular flexibility index (Phi) is 3.90. The maximum absolute atomic E-state index is 2.45. The molecule has 0 spiro atoms. The molecule has 1 unspecified atom stereocenters. The molecule has 1 aliphatic carbocycles. The van der Waals surface area contributed by atoms with E-state index in [0.29, 0.717) is 5.25 Å². The van der Waals surface area contributed by atoms with E-state index < -0.39 is 0 Å². The molecule has 0 aromatic heterocycles. The molecular weight excluding hydrogens is 284 g/mol.